The number of hydrogen-bond donors (Lipinski definition) is 3. The van der Waals surface area contributed by atoms with Gasteiger partial charge in [-0.15, -0.1) is 0 Å². The van der Waals surface area contributed by atoms with Crippen molar-refractivity contribution in [3.63, 3.8) is 0 Å². The van der Waals surface area contributed by atoms with Gasteiger partial charge in [0.1, 0.15) is 16.4 Å². The van der Waals surface area contributed by atoms with Crippen LogP contribution < -0.4 is 20.9 Å². The fraction of sp³-hybridized carbons (Fsp3) is 0. The smallest absolute Gasteiger partial charge is 0.343 e. The summed E-state index contributed by atoms with van der Waals surface area (Å²) in [7, 11) is -3.79. The van der Waals surface area contributed by atoms with E-state index in [2.05, 4.69) is 10.3 Å². The summed E-state index contributed by atoms with van der Waals surface area (Å²) in [4.78, 5) is 29.5. The number of thiazole rings is 1. The van der Waals surface area contributed by atoms with Crippen LogP contribution in [0, 0.1) is 0 Å². The van der Waals surface area contributed by atoms with E-state index < -0.39 is 16.0 Å². The number of nitrogens with one attached hydrogen (secondary N) is 1. The first-order valence-electron chi connectivity index (χ1n) is 9.79. The molecule has 0 unspecified atom stereocenters. The summed E-state index contributed by atoms with van der Waals surface area (Å²) in [5.74, 6) is -0.487. The number of nitrogens with zero attached hydrogens (tertiary/aromatic N) is 1. The van der Waals surface area contributed by atoms with Crippen molar-refractivity contribution in [3.05, 3.63) is 94.9 Å². The zero-order chi connectivity index (χ0) is 24.3. The Morgan fingerprint density at radius 2 is 1.53 bits per heavy atom. The standard InChI is InChI=1S/C23H18N4O5S2/c24-21-20(33-23(27-21)26-16-8-12-18(13-9-16)34(25,30)31)19(28)14-6-10-17(11-7-14)32-22(29)15-4-2-1-3-5-15/h1-13H,24H2,(H,26,27)(H2,25,30,31). The molecule has 11 heteroatoms. The molecule has 9 nitrogen and oxygen atoms in total. The molecule has 0 fully saturated rings. The molecule has 0 aliphatic heterocycles. The quantitative estimate of drug-likeness (QED) is 0.200. The summed E-state index contributed by atoms with van der Waals surface area (Å²) < 4.78 is 28.1. The number of ether oxygens (including phenoxy) is 1. The van der Waals surface area contributed by atoms with E-state index in [1.54, 1.807) is 30.3 Å². The molecule has 4 rings (SSSR count). The molecule has 0 bridgehead atoms. The number of benzene rings is 3. The number of nitrogens with two attached hydrogens (primary N) is 2. The Morgan fingerprint density at radius 1 is 0.882 bits per heavy atom. The number of sulfonamides is 1. The number of nitrogen functional groups attached to an aromatic ring is 1. The third-order valence-corrected chi connectivity index (χ3v) is 6.54. The Hall–Kier alpha value is -4.06. The average molecular weight is 495 g/mol. The zero-order valence-electron chi connectivity index (χ0n) is 17.5. The monoisotopic (exact) mass is 494 g/mol. The molecule has 34 heavy (non-hydrogen) atoms. The van der Waals surface area contributed by atoms with Crippen LogP contribution in [0.25, 0.3) is 0 Å². The first kappa shape index (κ1) is 23.1. The summed E-state index contributed by atoms with van der Waals surface area (Å²) in [6.45, 7) is 0. The van der Waals surface area contributed by atoms with Crippen LogP contribution >= 0.6 is 11.3 Å². The van der Waals surface area contributed by atoms with Crippen LogP contribution in [0.2, 0.25) is 0 Å². The lowest BCUT2D eigenvalue weighted by Crippen LogP contribution is -2.11. The Labute approximate surface area is 199 Å². The van der Waals surface area contributed by atoms with Gasteiger partial charge < -0.3 is 15.8 Å². The molecule has 0 spiro atoms. The molecule has 4 aromatic rings. The lowest BCUT2D eigenvalue weighted by Gasteiger charge is -2.05. The number of primary sulfonamides is 1. The zero-order valence-corrected chi connectivity index (χ0v) is 19.1. The predicted molar refractivity (Wildman–Crippen MR) is 129 cm³/mol. The molecule has 172 valence electrons. The van der Waals surface area contributed by atoms with Crippen molar-refractivity contribution in [2.24, 2.45) is 5.14 Å². The summed E-state index contributed by atoms with van der Waals surface area (Å²) in [5, 5.41) is 8.43. The van der Waals surface area contributed by atoms with Crippen LogP contribution in [-0.2, 0) is 10.0 Å². The van der Waals surface area contributed by atoms with Gasteiger partial charge in [-0.3, -0.25) is 4.79 Å². The number of hydrogen-bond acceptors (Lipinski definition) is 9. The van der Waals surface area contributed by atoms with E-state index >= 15 is 0 Å². The highest BCUT2D eigenvalue weighted by atomic mass is 32.2. The molecule has 0 amide bonds. The normalized spacial score (nSPS) is 11.1. The van der Waals surface area contributed by atoms with Crippen LogP contribution in [0.5, 0.6) is 5.75 Å². The number of aromatic nitrogens is 1. The highest BCUT2D eigenvalue weighted by molar-refractivity contribution is 7.89. The SMILES string of the molecule is Nc1nc(Nc2ccc(S(N)(=O)=O)cc2)sc1C(=O)c1ccc(OC(=O)c2ccccc2)cc1. The minimum atomic E-state index is -3.79. The number of carbonyl (C=O) groups is 2. The molecule has 0 aliphatic carbocycles. The number of carbonyl (C=O) groups excluding carboxylic acids is 2. The van der Waals surface area contributed by atoms with Gasteiger partial charge in [-0.1, -0.05) is 29.5 Å². The van der Waals surface area contributed by atoms with Gasteiger partial charge in [0.05, 0.1) is 10.5 Å². The maximum absolute atomic E-state index is 12.9. The second kappa shape index (κ2) is 9.43. The van der Waals surface area contributed by atoms with Gasteiger partial charge in [-0.05, 0) is 60.7 Å². The van der Waals surface area contributed by atoms with E-state index in [0.29, 0.717) is 27.7 Å². The van der Waals surface area contributed by atoms with E-state index in [0.717, 1.165) is 11.3 Å². The van der Waals surface area contributed by atoms with E-state index in [1.807, 2.05) is 0 Å². The molecule has 0 aliphatic rings. The highest BCUT2D eigenvalue weighted by Gasteiger charge is 2.19. The van der Waals surface area contributed by atoms with Crippen molar-refractivity contribution in [3.8, 4) is 5.75 Å². The topological polar surface area (TPSA) is 154 Å². The van der Waals surface area contributed by atoms with Crippen LogP contribution in [-0.4, -0.2) is 25.2 Å². The molecular weight excluding hydrogens is 476 g/mol. The second-order valence-electron chi connectivity index (χ2n) is 7.04. The molecule has 5 N–H and O–H groups in total. The minimum Gasteiger partial charge on any atom is -0.423 e. The van der Waals surface area contributed by atoms with Crippen LogP contribution in [0.15, 0.2) is 83.8 Å². The molecule has 0 saturated carbocycles. The van der Waals surface area contributed by atoms with Crippen molar-refractivity contribution in [2.75, 3.05) is 11.1 Å². The maximum atomic E-state index is 12.9. The van der Waals surface area contributed by atoms with Crippen LogP contribution in [0.1, 0.15) is 25.6 Å². The summed E-state index contributed by atoms with van der Waals surface area (Å²) in [6, 6.07) is 20.4. The summed E-state index contributed by atoms with van der Waals surface area (Å²) in [6.07, 6.45) is 0. The van der Waals surface area contributed by atoms with Crippen molar-refractivity contribution in [1.82, 2.24) is 4.98 Å². The van der Waals surface area contributed by atoms with Gasteiger partial charge in [0.25, 0.3) is 0 Å². The van der Waals surface area contributed by atoms with Gasteiger partial charge >= 0.3 is 5.97 Å². The van der Waals surface area contributed by atoms with E-state index in [4.69, 9.17) is 15.6 Å². The molecule has 3 aromatic carbocycles. The number of rotatable bonds is 7. The van der Waals surface area contributed by atoms with Crippen molar-refractivity contribution < 1.29 is 22.7 Å². The van der Waals surface area contributed by atoms with E-state index in [9.17, 15) is 18.0 Å². The Morgan fingerprint density at radius 3 is 2.15 bits per heavy atom. The number of esters is 1. The van der Waals surface area contributed by atoms with Gasteiger partial charge in [0.2, 0.25) is 15.8 Å². The van der Waals surface area contributed by atoms with Gasteiger partial charge in [-0.2, -0.15) is 0 Å². The molecule has 0 saturated heterocycles. The Bertz CT molecular complexity index is 1450. The second-order valence-corrected chi connectivity index (χ2v) is 9.60. The van der Waals surface area contributed by atoms with Crippen LogP contribution in [0.3, 0.4) is 0 Å². The first-order valence-corrected chi connectivity index (χ1v) is 12.2. The third kappa shape index (κ3) is 5.29. The lowest BCUT2D eigenvalue weighted by molar-refractivity contribution is 0.0734. The van der Waals surface area contributed by atoms with Gasteiger partial charge in [0, 0.05) is 11.3 Å². The lowest BCUT2D eigenvalue weighted by atomic mass is 10.1. The number of ketones is 1. The first-order chi connectivity index (χ1) is 16.2. The summed E-state index contributed by atoms with van der Waals surface area (Å²) >= 11 is 1.05. The van der Waals surface area contributed by atoms with Crippen molar-refractivity contribution in [2.45, 2.75) is 4.90 Å². The highest BCUT2D eigenvalue weighted by Crippen LogP contribution is 2.30. The van der Waals surface area contributed by atoms with Crippen molar-refractivity contribution >= 4 is 49.7 Å². The Balaban J connectivity index is 1.45. The molecule has 0 atom stereocenters. The average Bonchev–Trinajstić information content (AvgIpc) is 3.19. The molecule has 0 radical (unpaired) electrons. The molecular formula is C23H18N4O5S2. The van der Waals surface area contributed by atoms with Gasteiger partial charge in [0.15, 0.2) is 5.13 Å². The maximum Gasteiger partial charge on any atom is 0.343 e. The molecule has 1 aromatic heterocycles. The Kier molecular flexibility index (Phi) is 6.41. The fourth-order valence-corrected chi connectivity index (χ4v) is 4.33. The minimum absolute atomic E-state index is 0.0227. The van der Waals surface area contributed by atoms with Crippen molar-refractivity contribution in [1.29, 1.82) is 0 Å². The summed E-state index contributed by atoms with van der Waals surface area (Å²) in [5.41, 5.74) is 7.26. The number of anilines is 3. The van der Waals surface area contributed by atoms with Gasteiger partial charge in [-0.25, -0.2) is 23.3 Å². The molecule has 1 heterocycles. The predicted octanol–water partition coefficient (Wildman–Crippen LogP) is 3.57. The largest absolute Gasteiger partial charge is 0.423 e. The van der Waals surface area contributed by atoms with Crippen LogP contribution in [0.4, 0.5) is 16.6 Å². The van der Waals surface area contributed by atoms with E-state index in [-0.39, 0.29) is 21.4 Å². The van der Waals surface area contributed by atoms with E-state index in [1.165, 1.54) is 48.5 Å². The fourth-order valence-electron chi connectivity index (χ4n) is 2.95. The third-order valence-electron chi connectivity index (χ3n) is 4.63.